The minimum Gasteiger partial charge on any atom is -0.326 e. The molecule has 2 atom stereocenters. The van der Waals surface area contributed by atoms with Crippen molar-refractivity contribution in [3.05, 3.63) is 35.1 Å². The summed E-state index contributed by atoms with van der Waals surface area (Å²) >= 11 is 0. The smallest absolute Gasteiger partial charge is 0.126 e. The van der Waals surface area contributed by atoms with E-state index >= 15 is 0 Å². The van der Waals surface area contributed by atoms with E-state index in [-0.39, 0.29) is 17.9 Å². The highest BCUT2D eigenvalue weighted by Crippen LogP contribution is 2.39. The van der Waals surface area contributed by atoms with Gasteiger partial charge in [0.25, 0.3) is 0 Å². The lowest BCUT2D eigenvalue weighted by Gasteiger charge is -2.40. The van der Waals surface area contributed by atoms with Crippen molar-refractivity contribution in [3.8, 4) is 0 Å². The molecule has 1 aliphatic carbocycles. The van der Waals surface area contributed by atoms with E-state index < -0.39 is 0 Å². The number of nitrogens with two attached hydrogens (primary N) is 1. The van der Waals surface area contributed by atoms with Crippen LogP contribution in [0.3, 0.4) is 0 Å². The molecule has 2 unspecified atom stereocenters. The van der Waals surface area contributed by atoms with Crippen LogP contribution >= 0.6 is 0 Å². The first-order valence-corrected chi connectivity index (χ1v) is 6.94. The SMILES string of the molecule is Cc1cc(C2C(N)CCCN2C2CC2)ccc1F. The van der Waals surface area contributed by atoms with Gasteiger partial charge in [-0.05, 0) is 56.3 Å². The normalized spacial score (nSPS) is 29.5. The van der Waals surface area contributed by atoms with E-state index in [0.29, 0.717) is 6.04 Å². The van der Waals surface area contributed by atoms with Gasteiger partial charge in [-0.25, -0.2) is 4.39 Å². The number of aryl methyl sites for hydroxylation is 1. The molecule has 18 heavy (non-hydrogen) atoms. The van der Waals surface area contributed by atoms with Gasteiger partial charge in [-0.3, -0.25) is 4.90 Å². The second kappa shape index (κ2) is 4.63. The molecule has 2 nitrogen and oxygen atoms in total. The molecule has 1 aromatic carbocycles. The van der Waals surface area contributed by atoms with Crippen LogP contribution < -0.4 is 5.73 Å². The van der Waals surface area contributed by atoms with Gasteiger partial charge in [-0.2, -0.15) is 0 Å². The number of hydrogen-bond donors (Lipinski definition) is 1. The van der Waals surface area contributed by atoms with Crippen LogP contribution in [-0.2, 0) is 0 Å². The number of rotatable bonds is 2. The Hall–Kier alpha value is -0.930. The molecule has 2 aliphatic rings. The van der Waals surface area contributed by atoms with Crippen molar-refractivity contribution in [3.63, 3.8) is 0 Å². The molecular weight excluding hydrogens is 227 g/mol. The van der Waals surface area contributed by atoms with Crippen LogP contribution in [0.4, 0.5) is 4.39 Å². The summed E-state index contributed by atoms with van der Waals surface area (Å²) in [5.74, 6) is -0.124. The minimum atomic E-state index is -0.124. The molecule has 0 spiro atoms. The average molecular weight is 248 g/mol. The Morgan fingerprint density at radius 1 is 1.28 bits per heavy atom. The first-order valence-electron chi connectivity index (χ1n) is 6.94. The molecule has 0 bridgehead atoms. The van der Waals surface area contributed by atoms with E-state index in [1.807, 2.05) is 19.1 Å². The lowest BCUT2D eigenvalue weighted by atomic mass is 9.90. The lowest BCUT2D eigenvalue weighted by molar-refractivity contribution is 0.119. The zero-order valence-electron chi connectivity index (χ0n) is 10.9. The minimum absolute atomic E-state index is 0.124. The van der Waals surface area contributed by atoms with Crippen molar-refractivity contribution >= 4 is 0 Å². The van der Waals surface area contributed by atoms with Crippen LogP contribution in [0, 0.1) is 12.7 Å². The molecule has 0 radical (unpaired) electrons. The second-order valence-corrected chi connectivity index (χ2v) is 5.73. The van der Waals surface area contributed by atoms with Crippen LogP contribution in [0.5, 0.6) is 0 Å². The topological polar surface area (TPSA) is 29.3 Å². The Morgan fingerprint density at radius 3 is 2.72 bits per heavy atom. The predicted molar refractivity (Wildman–Crippen MR) is 70.8 cm³/mol. The summed E-state index contributed by atoms with van der Waals surface area (Å²) in [6, 6.07) is 6.65. The Bertz CT molecular complexity index is 442. The highest BCUT2D eigenvalue weighted by Gasteiger charge is 2.39. The third kappa shape index (κ3) is 2.17. The Labute approximate surface area is 108 Å². The Kier molecular flexibility index (Phi) is 3.12. The van der Waals surface area contributed by atoms with Gasteiger partial charge in [0.05, 0.1) is 6.04 Å². The van der Waals surface area contributed by atoms with E-state index in [1.54, 1.807) is 6.07 Å². The summed E-state index contributed by atoms with van der Waals surface area (Å²) in [5, 5.41) is 0. The fourth-order valence-corrected chi connectivity index (χ4v) is 3.16. The standard InChI is InChI=1S/C15H21FN2/c1-10-9-11(4-7-13(10)16)15-14(17)3-2-8-18(15)12-5-6-12/h4,7,9,12,14-15H,2-3,5-6,8,17H2,1H3. The molecule has 1 saturated heterocycles. The van der Waals surface area contributed by atoms with E-state index in [1.165, 1.54) is 24.8 Å². The molecule has 1 saturated carbocycles. The molecule has 3 rings (SSSR count). The molecule has 1 aromatic rings. The first kappa shape index (κ1) is 12.1. The first-order chi connectivity index (χ1) is 8.66. The van der Waals surface area contributed by atoms with Gasteiger partial charge >= 0.3 is 0 Å². The number of likely N-dealkylation sites (tertiary alicyclic amines) is 1. The zero-order chi connectivity index (χ0) is 12.7. The summed E-state index contributed by atoms with van der Waals surface area (Å²) in [6.07, 6.45) is 4.85. The van der Waals surface area contributed by atoms with Crippen LogP contribution in [0.2, 0.25) is 0 Å². The maximum atomic E-state index is 13.4. The van der Waals surface area contributed by atoms with Crippen molar-refractivity contribution in [2.24, 2.45) is 5.73 Å². The van der Waals surface area contributed by atoms with Gasteiger partial charge in [0.1, 0.15) is 5.82 Å². The molecule has 3 heteroatoms. The summed E-state index contributed by atoms with van der Waals surface area (Å²) in [4.78, 5) is 2.54. The van der Waals surface area contributed by atoms with E-state index in [4.69, 9.17) is 5.73 Å². The van der Waals surface area contributed by atoms with Crippen molar-refractivity contribution < 1.29 is 4.39 Å². The third-order valence-electron chi connectivity index (χ3n) is 4.26. The molecule has 2 fully saturated rings. The monoisotopic (exact) mass is 248 g/mol. The fourth-order valence-electron chi connectivity index (χ4n) is 3.16. The average Bonchev–Trinajstić information content (AvgIpc) is 3.17. The number of hydrogen-bond acceptors (Lipinski definition) is 2. The van der Waals surface area contributed by atoms with Gasteiger partial charge in [0.2, 0.25) is 0 Å². The van der Waals surface area contributed by atoms with E-state index in [9.17, 15) is 4.39 Å². The molecule has 98 valence electrons. The Balaban J connectivity index is 1.92. The third-order valence-corrected chi connectivity index (χ3v) is 4.26. The zero-order valence-corrected chi connectivity index (χ0v) is 10.9. The number of piperidine rings is 1. The van der Waals surface area contributed by atoms with Crippen LogP contribution in [-0.4, -0.2) is 23.5 Å². The summed E-state index contributed by atoms with van der Waals surface area (Å²) in [6.45, 7) is 2.97. The van der Waals surface area contributed by atoms with Crippen LogP contribution in [0.1, 0.15) is 42.9 Å². The highest BCUT2D eigenvalue weighted by molar-refractivity contribution is 5.28. The lowest BCUT2D eigenvalue weighted by Crippen LogP contribution is -2.46. The second-order valence-electron chi connectivity index (χ2n) is 5.73. The summed E-state index contributed by atoms with van der Waals surface area (Å²) in [5.41, 5.74) is 8.23. The Morgan fingerprint density at radius 2 is 2.06 bits per heavy atom. The largest absolute Gasteiger partial charge is 0.326 e. The predicted octanol–water partition coefficient (Wildman–Crippen LogP) is 2.76. The number of halogens is 1. The summed E-state index contributed by atoms with van der Waals surface area (Å²) < 4.78 is 13.4. The quantitative estimate of drug-likeness (QED) is 0.872. The summed E-state index contributed by atoms with van der Waals surface area (Å²) in [7, 11) is 0. The van der Waals surface area contributed by atoms with Gasteiger partial charge in [-0.15, -0.1) is 0 Å². The molecular formula is C15H21FN2. The molecule has 2 N–H and O–H groups in total. The van der Waals surface area contributed by atoms with Crippen molar-refractivity contribution in [1.29, 1.82) is 0 Å². The van der Waals surface area contributed by atoms with Gasteiger partial charge in [0, 0.05) is 12.1 Å². The number of benzene rings is 1. The molecule has 1 heterocycles. The van der Waals surface area contributed by atoms with Crippen molar-refractivity contribution in [2.45, 2.75) is 50.7 Å². The van der Waals surface area contributed by atoms with E-state index in [0.717, 1.165) is 18.5 Å². The van der Waals surface area contributed by atoms with Crippen molar-refractivity contribution in [1.82, 2.24) is 4.90 Å². The maximum absolute atomic E-state index is 13.4. The van der Waals surface area contributed by atoms with Gasteiger partial charge in [0.15, 0.2) is 0 Å². The van der Waals surface area contributed by atoms with E-state index in [2.05, 4.69) is 4.90 Å². The number of nitrogens with zero attached hydrogens (tertiary/aromatic N) is 1. The van der Waals surface area contributed by atoms with Crippen molar-refractivity contribution in [2.75, 3.05) is 6.54 Å². The molecule has 0 amide bonds. The maximum Gasteiger partial charge on any atom is 0.126 e. The molecule has 0 aromatic heterocycles. The van der Waals surface area contributed by atoms with Crippen LogP contribution in [0.15, 0.2) is 18.2 Å². The van der Waals surface area contributed by atoms with Gasteiger partial charge < -0.3 is 5.73 Å². The molecule has 1 aliphatic heterocycles. The fraction of sp³-hybridized carbons (Fsp3) is 0.600. The van der Waals surface area contributed by atoms with Gasteiger partial charge in [-0.1, -0.05) is 12.1 Å². The van der Waals surface area contributed by atoms with Crippen LogP contribution in [0.25, 0.3) is 0 Å². The highest BCUT2D eigenvalue weighted by atomic mass is 19.1.